The first-order chi connectivity index (χ1) is 13.1. The molecular weight excluding hydrogens is 340 g/mol. The van der Waals surface area contributed by atoms with Crippen molar-refractivity contribution in [3.63, 3.8) is 0 Å². The Morgan fingerprint density at radius 2 is 1.81 bits per heavy atom. The summed E-state index contributed by atoms with van der Waals surface area (Å²) in [5.41, 5.74) is 4.17. The lowest BCUT2D eigenvalue weighted by atomic mass is 10.2. The highest BCUT2D eigenvalue weighted by Crippen LogP contribution is 2.19. The lowest BCUT2D eigenvalue weighted by Gasteiger charge is -2.10. The standard InChI is InChI=1S/C20H18N6O/c1-14-6-8-17(9-7-14)26-19(10-15(2)24-26)23-20(27)16-4-3-5-18(11-16)25-13-21-12-22-25/h3-13H,1-2H3,(H,23,27). The maximum absolute atomic E-state index is 12.8. The normalized spacial score (nSPS) is 10.7. The van der Waals surface area contributed by atoms with Gasteiger partial charge in [0.15, 0.2) is 0 Å². The number of nitrogens with one attached hydrogen (secondary N) is 1. The molecule has 0 aliphatic heterocycles. The smallest absolute Gasteiger partial charge is 0.256 e. The summed E-state index contributed by atoms with van der Waals surface area (Å²) in [4.78, 5) is 16.7. The SMILES string of the molecule is Cc1ccc(-n2nc(C)cc2NC(=O)c2cccc(-n3cncn3)c2)cc1. The van der Waals surface area contributed by atoms with Crippen molar-refractivity contribution < 1.29 is 4.79 Å². The number of carbonyl (C=O) groups is 1. The predicted molar refractivity (Wildman–Crippen MR) is 102 cm³/mol. The number of benzene rings is 2. The van der Waals surface area contributed by atoms with E-state index in [1.54, 1.807) is 27.8 Å². The second kappa shape index (κ2) is 6.87. The van der Waals surface area contributed by atoms with Gasteiger partial charge in [0.1, 0.15) is 18.5 Å². The average molecular weight is 358 g/mol. The third-order valence-corrected chi connectivity index (χ3v) is 4.14. The number of hydrogen-bond acceptors (Lipinski definition) is 4. The summed E-state index contributed by atoms with van der Waals surface area (Å²) in [7, 11) is 0. The van der Waals surface area contributed by atoms with Crippen molar-refractivity contribution in [2.45, 2.75) is 13.8 Å². The predicted octanol–water partition coefficient (Wildman–Crippen LogP) is 3.32. The molecule has 0 aliphatic rings. The molecule has 0 saturated heterocycles. The fraction of sp³-hybridized carbons (Fsp3) is 0.100. The van der Waals surface area contributed by atoms with Crippen molar-refractivity contribution in [2.24, 2.45) is 0 Å². The monoisotopic (exact) mass is 358 g/mol. The van der Waals surface area contributed by atoms with Crippen LogP contribution in [0.1, 0.15) is 21.6 Å². The van der Waals surface area contributed by atoms with E-state index in [9.17, 15) is 4.79 Å². The molecule has 0 fully saturated rings. The van der Waals surface area contributed by atoms with Crippen molar-refractivity contribution in [3.8, 4) is 11.4 Å². The molecule has 4 rings (SSSR count). The van der Waals surface area contributed by atoms with Gasteiger partial charge in [-0.15, -0.1) is 0 Å². The summed E-state index contributed by atoms with van der Waals surface area (Å²) in [6, 6.07) is 17.0. The second-order valence-electron chi connectivity index (χ2n) is 6.26. The average Bonchev–Trinajstić information content (AvgIpc) is 3.33. The van der Waals surface area contributed by atoms with Gasteiger partial charge in [0.2, 0.25) is 0 Å². The molecule has 7 heteroatoms. The van der Waals surface area contributed by atoms with E-state index in [1.165, 1.54) is 6.33 Å². The van der Waals surface area contributed by atoms with Crippen molar-refractivity contribution in [2.75, 3.05) is 5.32 Å². The van der Waals surface area contributed by atoms with E-state index < -0.39 is 0 Å². The van der Waals surface area contributed by atoms with Crippen molar-refractivity contribution >= 4 is 11.7 Å². The summed E-state index contributed by atoms with van der Waals surface area (Å²) in [5.74, 6) is 0.401. The molecule has 27 heavy (non-hydrogen) atoms. The van der Waals surface area contributed by atoms with Gasteiger partial charge in [-0.1, -0.05) is 23.8 Å². The molecule has 2 heterocycles. The minimum absolute atomic E-state index is 0.217. The molecule has 0 unspecified atom stereocenters. The summed E-state index contributed by atoms with van der Waals surface area (Å²) in [6.07, 6.45) is 3.04. The molecule has 2 aromatic carbocycles. The molecule has 0 radical (unpaired) electrons. The fourth-order valence-electron chi connectivity index (χ4n) is 2.79. The van der Waals surface area contributed by atoms with Crippen LogP contribution in [0.2, 0.25) is 0 Å². The Balaban J connectivity index is 1.62. The number of rotatable bonds is 4. The molecule has 0 saturated carbocycles. The lowest BCUT2D eigenvalue weighted by Crippen LogP contribution is -2.15. The van der Waals surface area contributed by atoms with Gasteiger partial charge in [0, 0.05) is 11.6 Å². The van der Waals surface area contributed by atoms with Gasteiger partial charge in [-0.2, -0.15) is 10.2 Å². The van der Waals surface area contributed by atoms with Crippen LogP contribution >= 0.6 is 0 Å². The molecule has 0 atom stereocenters. The van der Waals surface area contributed by atoms with E-state index in [-0.39, 0.29) is 5.91 Å². The number of aromatic nitrogens is 5. The molecule has 0 bridgehead atoms. The van der Waals surface area contributed by atoms with E-state index in [2.05, 4.69) is 20.5 Å². The zero-order valence-corrected chi connectivity index (χ0v) is 15.0. The highest BCUT2D eigenvalue weighted by atomic mass is 16.1. The van der Waals surface area contributed by atoms with Gasteiger partial charge in [-0.3, -0.25) is 4.79 Å². The zero-order chi connectivity index (χ0) is 18.8. The first-order valence-electron chi connectivity index (χ1n) is 8.50. The Labute approximate surface area is 156 Å². The largest absolute Gasteiger partial charge is 0.306 e. The minimum Gasteiger partial charge on any atom is -0.306 e. The molecule has 0 spiro atoms. The summed E-state index contributed by atoms with van der Waals surface area (Å²) in [5, 5.41) is 11.5. The van der Waals surface area contributed by atoms with Crippen LogP contribution in [0, 0.1) is 13.8 Å². The molecule has 134 valence electrons. The fourth-order valence-corrected chi connectivity index (χ4v) is 2.79. The Morgan fingerprint density at radius 3 is 2.56 bits per heavy atom. The van der Waals surface area contributed by atoms with E-state index in [4.69, 9.17) is 0 Å². The van der Waals surface area contributed by atoms with Crippen LogP contribution in [0.5, 0.6) is 0 Å². The van der Waals surface area contributed by atoms with Crippen LogP contribution in [0.15, 0.2) is 67.3 Å². The van der Waals surface area contributed by atoms with Gasteiger partial charge in [-0.25, -0.2) is 14.3 Å². The first kappa shape index (κ1) is 16.7. The third-order valence-electron chi connectivity index (χ3n) is 4.14. The number of amides is 1. The Hall–Kier alpha value is -3.74. The molecule has 7 nitrogen and oxygen atoms in total. The second-order valence-corrected chi connectivity index (χ2v) is 6.26. The molecule has 1 N–H and O–H groups in total. The van der Waals surface area contributed by atoms with Gasteiger partial charge < -0.3 is 5.32 Å². The quantitative estimate of drug-likeness (QED) is 0.607. The summed E-state index contributed by atoms with van der Waals surface area (Å²) >= 11 is 0. The van der Waals surface area contributed by atoms with Crippen molar-refractivity contribution in [3.05, 3.63) is 84.1 Å². The van der Waals surface area contributed by atoms with E-state index in [0.29, 0.717) is 11.4 Å². The molecule has 0 aliphatic carbocycles. The Morgan fingerprint density at radius 1 is 1.00 bits per heavy atom. The molecule has 1 amide bonds. The van der Waals surface area contributed by atoms with E-state index >= 15 is 0 Å². The van der Waals surface area contributed by atoms with Crippen LogP contribution in [-0.2, 0) is 0 Å². The molecular formula is C20H18N6O. The van der Waals surface area contributed by atoms with Gasteiger partial charge in [0.05, 0.1) is 17.1 Å². The number of hydrogen-bond donors (Lipinski definition) is 1. The van der Waals surface area contributed by atoms with E-state index in [1.807, 2.05) is 56.3 Å². The van der Waals surface area contributed by atoms with Crippen LogP contribution < -0.4 is 5.32 Å². The highest BCUT2D eigenvalue weighted by molar-refractivity contribution is 6.04. The summed E-state index contributed by atoms with van der Waals surface area (Å²) < 4.78 is 3.34. The van der Waals surface area contributed by atoms with Gasteiger partial charge in [-0.05, 0) is 44.2 Å². The Bertz CT molecular complexity index is 1080. The maximum Gasteiger partial charge on any atom is 0.256 e. The lowest BCUT2D eigenvalue weighted by molar-refractivity contribution is 0.102. The van der Waals surface area contributed by atoms with Crippen LogP contribution in [0.4, 0.5) is 5.82 Å². The topological polar surface area (TPSA) is 77.6 Å². The van der Waals surface area contributed by atoms with Gasteiger partial charge in [0.25, 0.3) is 5.91 Å². The molecule has 2 aromatic heterocycles. The summed E-state index contributed by atoms with van der Waals surface area (Å²) in [6.45, 7) is 3.93. The maximum atomic E-state index is 12.8. The molecule has 4 aromatic rings. The number of carbonyl (C=O) groups excluding carboxylic acids is 1. The first-order valence-corrected chi connectivity index (χ1v) is 8.50. The highest BCUT2D eigenvalue weighted by Gasteiger charge is 2.13. The van der Waals surface area contributed by atoms with Crippen LogP contribution in [-0.4, -0.2) is 30.5 Å². The van der Waals surface area contributed by atoms with Crippen LogP contribution in [0.25, 0.3) is 11.4 Å². The van der Waals surface area contributed by atoms with Crippen molar-refractivity contribution in [1.29, 1.82) is 0 Å². The van der Waals surface area contributed by atoms with Crippen molar-refractivity contribution in [1.82, 2.24) is 24.5 Å². The van der Waals surface area contributed by atoms with Crippen LogP contribution in [0.3, 0.4) is 0 Å². The minimum atomic E-state index is -0.217. The third kappa shape index (κ3) is 3.48. The van der Waals surface area contributed by atoms with E-state index in [0.717, 1.165) is 22.6 Å². The zero-order valence-electron chi connectivity index (χ0n) is 15.0. The van der Waals surface area contributed by atoms with Gasteiger partial charge >= 0.3 is 0 Å². The Kier molecular flexibility index (Phi) is 4.25. The number of aryl methyl sites for hydroxylation is 2. The number of nitrogens with zero attached hydrogens (tertiary/aromatic N) is 5. The number of anilines is 1.